The summed E-state index contributed by atoms with van der Waals surface area (Å²) in [7, 11) is 0. The minimum absolute atomic E-state index is 0.567. The van der Waals surface area contributed by atoms with Gasteiger partial charge in [0.25, 0.3) is 0 Å². The van der Waals surface area contributed by atoms with E-state index in [-0.39, 0.29) is 0 Å². The maximum atomic E-state index is 15.1. The monoisotopic (exact) mass is 232 g/mol. The van der Waals surface area contributed by atoms with Gasteiger partial charge in [-0.05, 0) is 50.0 Å². The lowest BCUT2D eigenvalue weighted by atomic mass is 9.86. The van der Waals surface area contributed by atoms with Crippen molar-refractivity contribution < 1.29 is 4.39 Å². The summed E-state index contributed by atoms with van der Waals surface area (Å²) < 4.78 is 15.1. The SMILES string of the molecule is FC1(c2cccc3[nH]ccc23)CCCNCC1. The van der Waals surface area contributed by atoms with Crippen molar-refractivity contribution in [3.63, 3.8) is 0 Å². The molecule has 17 heavy (non-hydrogen) atoms. The van der Waals surface area contributed by atoms with E-state index in [0.717, 1.165) is 36.0 Å². The molecule has 1 aliphatic rings. The van der Waals surface area contributed by atoms with Crippen LogP contribution < -0.4 is 5.32 Å². The molecule has 0 amide bonds. The van der Waals surface area contributed by atoms with Crippen molar-refractivity contribution in [2.24, 2.45) is 0 Å². The summed E-state index contributed by atoms with van der Waals surface area (Å²) in [6.07, 6.45) is 3.96. The summed E-state index contributed by atoms with van der Waals surface area (Å²) in [6, 6.07) is 7.84. The van der Waals surface area contributed by atoms with Gasteiger partial charge in [0, 0.05) is 17.1 Å². The van der Waals surface area contributed by atoms with Gasteiger partial charge in [-0.2, -0.15) is 0 Å². The molecule has 1 aromatic heterocycles. The lowest BCUT2D eigenvalue weighted by Gasteiger charge is -2.24. The Bertz CT molecular complexity index is 510. The van der Waals surface area contributed by atoms with E-state index in [9.17, 15) is 0 Å². The van der Waals surface area contributed by atoms with Gasteiger partial charge in [-0.15, -0.1) is 0 Å². The first-order valence-corrected chi connectivity index (χ1v) is 6.26. The molecule has 0 spiro atoms. The highest BCUT2D eigenvalue weighted by atomic mass is 19.1. The van der Waals surface area contributed by atoms with Crippen molar-refractivity contribution in [1.82, 2.24) is 10.3 Å². The van der Waals surface area contributed by atoms with Gasteiger partial charge in [-0.25, -0.2) is 4.39 Å². The number of nitrogens with one attached hydrogen (secondary N) is 2. The second-order valence-electron chi connectivity index (χ2n) is 4.81. The number of fused-ring (bicyclic) bond motifs is 1. The molecular weight excluding hydrogens is 215 g/mol. The molecule has 2 N–H and O–H groups in total. The third-order valence-electron chi connectivity index (χ3n) is 3.70. The van der Waals surface area contributed by atoms with E-state index in [4.69, 9.17) is 0 Å². The summed E-state index contributed by atoms with van der Waals surface area (Å²) in [4.78, 5) is 3.15. The second-order valence-corrected chi connectivity index (χ2v) is 4.81. The average molecular weight is 232 g/mol. The molecule has 0 aliphatic carbocycles. The van der Waals surface area contributed by atoms with Crippen molar-refractivity contribution in [1.29, 1.82) is 0 Å². The fraction of sp³-hybridized carbons (Fsp3) is 0.429. The Hall–Kier alpha value is -1.35. The van der Waals surface area contributed by atoms with Crippen LogP contribution in [-0.4, -0.2) is 18.1 Å². The zero-order chi connectivity index (χ0) is 11.7. The van der Waals surface area contributed by atoms with Gasteiger partial charge in [0.05, 0.1) is 0 Å². The van der Waals surface area contributed by atoms with Crippen LogP contribution in [0.25, 0.3) is 10.9 Å². The number of hydrogen-bond donors (Lipinski definition) is 2. The molecule has 1 saturated heterocycles. The zero-order valence-corrected chi connectivity index (χ0v) is 9.80. The Kier molecular flexibility index (Phi) is 2.63. The maximum Gasteiger partial charge on any atom is 0.137 e. The number of aromatic nitrogens is 1. The largest absolute Gasteiger partial charge is 0.361 e. The molecule has 0 radical (unpaired) electrons. The fourth-order valence-electron chi connectivity index (χ4n) is 2.78. The predicted octanol–water partition coefficient (Wildman–Crippen LogP) is 3.11. The van der Waals surface area contributed by atoms with E-state index in [0.29, 0.717) is 12.8 Å². The molecule has 1 fully saturated rings. The highest BCUT2D eigenvalue weighted by Gasteiger charge is 2.33. The van der Waals surface area contributed by atoms with Crippen LogP contribution in [0.3, 0.4) is 0 Å². The smallest absolute Gasteiger partial charge is 0.137 e. The lowest BCUT2D eigenvalue weighted by molar-refractivity contribution is 0.147. The number of aromatic amines is 1. The number of halogens is 1. The normalized spacial score (nSPS) is 25.9. The van der Waals surface area contributed by atoms with Gasteiger partial charge in [0.15, 0.2) is 0 Å². The Morgan fingerprint density at radius 2 is 2.06 bits per heavy atom. The molecule has 0 bridgehead atoms. The summed E-state index contributed by atoms with van der Waals surface area (Å²) >= 11 is 0. The summed E-state index contributed by atoms with van der Waals surface area (Å²) in [5.74, 6) is 0. The highest BCUT2D eigenvalue weighted by molar-refractivity contribution is 5.83. The van der Waals surface area contributed by atoms with Gasteiger partial charge in [0.2, 0.25) is 0 Å². The zero-order valence-electron chi connectivity index (χ0n) is 9.80. The van der Waals surface area contributed by atoms with Crippen LogP contribution >= 0.6 is 0 Å². The lowest BCUT2D eigenvalue weighted by Crippen LogP contribution is -2.22. The third kappa shape index (κ3) is 1.84. The number of H-pyrrole nitrogens is 1. The van der Waals surface area contributed by atoms with Crippen molar-refractivity contribution in [2.45, 2.75) is 24.9 Å². The molecule has 1 aromatic carbocycles. The standard InChI is InChI=1S/C14H17FN2/c15-14(6-2-8-16-10-7-14)12-3-1-4-13-11(12)5-9-17-13/h1,3-5,9,16-17H,2,6-8,10H2. The molecule has 2 nitrogen and oxygen atoms in total. The van der Waals surface area contributed by atoms with Gasteiger partial charge in [-0.1, -0.05) is 12.1 Å². The molecule has 2 heterocycles. The van der Waals surface area contributed by atoms with Crippen LogP contribution in [0.1, 0.15) is 24.8 Å². The van der Waals surface area contributed by atoms with Gasteiger partial charge in [0.1, 0.15) is 5.67 Å². The summed E-state index contributed by atoms with van der Waals surface area (Å²) in [5, 5.41) is 4.29. The van der Waals surface area contributed by atoms with Crippen LogP contribution in [-0.2, 0) is 5.67 Å². The van der Waals surface area contributed by atoms with Gasteiger partial charge < -0.3 is 10.3 Å². The molecule has 2 aromatic rings. The molecule has 0 saturated carbocycles. The van der Waals surface area contributed by atoms with E-state index in [1.165, 1.54) is 0 Å². The van der Waals surface area contributed by atoms with Crippen LogP contribution in [0.4, 0.5) is 4.39 Å². The molecule has 3 rings (SSSR count). The van der Waals surface area contributed by atoms with Gasteiger partial charge >= 0.3 is 0 Å². The first-order valence-electron chi connectivity index (χ1n) is 6.26. The molecule has 3 heteroatoms. The van der Waals surface area contributed by atoms with E-state index in [1.54, 1.807) is 0 Å². The summed E-state index contributed by atoms with van der Waals surface area (Å²) in [5.41, 5.74) is 0.697. The van der Waals surface area contributed by atoms with Crippen LogP contribution in [0.15, 0.2) is 30.5 Å². The quantitative estimate of drug-likeness (QED) is 0.777. The van der Waals surface area contributed by atoms with Crippen molar-refractivity contribution in [3.8, 4) is 0 Å². The Morgan fingerprint density at radius 3 is 3.00 bits per heavy atom. The topological polar surface area (TPSA) is 27.8 Å². The Morgan fingerprint density at radius 1 is 1.12 bits per heavy atom. The minimum atomic E-state index is -1.18. The Balaban J connectivity index is 2.09. The van der Waals surface area contributed by atoms with Crippen molar-refractivity contribution in [3.05, 3.63) is 36.0 Å². The number of rotatable bonds is 1. The molecule has 1 aliphatic heterocycles. The first kappa shape index (κ1) is 10.8. The molecule has 90 valence electrons. The summed E-state index contributed by atoms with van der Waals surface area (Å²) in [6.45, 7) is 1.69. The minimum Gasteiger partial charge on any atom is -0.361 e. The fourth-order valence-corrected chi connectivity index (χ4v) is 2.78. The van der Waals surface area contributed by atoms with Crippen LogP contribution in [0.2, 0.25) is 0 Å². The highest BCUT2D eigenvalue weighted by Crippen LogP contribution is 2.39. The van der Waals surface area contributed by atoms with E-state index >= 15 is 4.39 Å². The molecule has 1 unspecified atom stereocenters. The van der Waals surface area contributed by atoms with E-state index < -0.39 is 5.67 Å². The first-order chi connectivity index (χ1) is 8.30. The molecular formula is C14H17FN2. The third-order valence-corrected chi connectivity index (χ3v) is 3.70. The number of benzene rings is 1. The Labute approximate surface area is 100 Å². The average Bonchev–Trinajstić information content (AvgIpc) is 2.71. The van der Waals surface area contributed by atoms with E-state index in [2.05, 4.69) is 10.3 Å². The van der Waals surface area contributed by atoms with E-state index in [1.807, 2.05) is 30.5 Å². The second kappa shape index (κ2) is 4.15. The maximum absolute atomic E-state index is 15.1. The van der Waals surface area contributed by atoms with Gasteiger partial charge in [-0.3, -0.25) is 0 Å². The molecule has 1 atom stereocenters. The van der Waals surface area contributed by atoms with Crippen LogP contribution in [0, 0.1) is 0 Å². The number of hydrogen-bond acceptors (Lipinski definition) is 1. The van der Waals surface area contributed by atoms with Crippen LogP contribution in [0.5, 0.6) is 0 Å². The number of alkyl halides is 1. The predicted molar refractivity (Wildman–Crippen MR) is 67.8 cm³/mol. The van der Waals surface area contributed by atoms with Crippen molar-refractivity contribution in [2.75, 3.05) is 13.1 Å². The van der Waals surface area contributed by atoms with Crippen molar-refractivity contribution >= 4 is 10.9 Å².